The van der Waals surface area contributed by atoms with Crippen LogP contribution in [0.4, 0.5) is 0 Å². The van der Waals surface area contributed by atoms with Crippen LogP contribution in [0.5, 0.6) is 5.75 Å². The largest absolute Gasteiger partial charge is 0.496 e. The lowest BCUT2D eigenvalue weighted by Gasteiger charge is -2.24. The van der Waals surface area contributed by atoms with E-state index in [1.807, 2.05) is 18.2 Å². The molecule has 15 heavy (non-hydrogen) atoms. The van der Waals surface area contributed by atoms with E-state index in [9.17, 15) is 0 Å². The van der Waals surface area contributed by atoms with Crippen LogP contribution < -0.4 is 10.1 Å². The first-order valence-electron chi connectivity index (χ1n) is 5.35. The van der Waals surface area contributed by atoms with Gasteiger partial charge in [-0.15, -0.1) is 0 Å². The number of halogens is 1. The van der Waals surface area contributed by atoms with Crippen LogP contribution in [0.2, 0.25) is 5.02 Å². The second-order valence-corrected chi connectivity index (χ2v) is 4.37. The topological polar surface area (TPSA) is 21.3 Å². The van der Waals surface area contributed by atoms with Crippen LogP contribution in [0, 0.1) is 0 Å². The van der Waals surface area contributed by atoms with Gasteiger partial charge in [0, 0.05) is 17.5 Å². The molecule has 1 atom stereocenters. The lowest BCUT2D eigenvalue weighted by atomic mass is 9.91. The van der Waals surface area contributed by atoms with Crippen molar-refractivity contribution < 1.29 is 4.74 Å². The standard InChI is InChI=1S/C12H16ClNO/c1-15-12-5-4-10(13)7-11(12)9-3-2-6-14-8-9/h4-5,7,9,14H,2-3,6,8H2,1H3/t9-/m1/s1. The van der Waals surface area contributed by atoms with Gasteiger partial charge in [0.2, 0.25) is 0 Å². The highest BCUT2D eigenvalue weighted by Crippen LogP contribution is 2.32. The van der Waals surface area contributed by atoms with Crippen LogP contribution >= 0.6 is 11.6 Å². The van der Waals surface area contributed by atoms with E-state index in [2.05, 4.69) is 5.32 Å². The Balaban J connectivity index is 2.27. The van der Waals surface area contributed by atoms with E-state index in [4.69, 9.17) is 16.3 Å². The van der Waals surface area contributed by atoms with E-state index >= 15 is 0 Å². The van der Waals surface area contributed by atoms with Crippen molar-refractivity contribution in [1.29, 1.82) is 0 Å². The smallest absolute Gasteiger partial charge is 0.122 e. The number of hydrogen-bond acceptors (Lipinski definition) is 2. The minimum Gasteiger partial charge on any atom is -0.496 e. The van der Waals surface area contributed by atoms with Crippen molar-refractivity contribution in [3.63, 3.8) is 0 Å². The molecule has 1 aromatic rings. The molecule has 1 saturated heterocycles. The second kappa shape index (κ2) is 4.86. The molecule has 0 radical (unpaired) electrons. The average molecular weight is 226 g/mol. The minimum atomic E-state index is 0.535. The lowest BCUT2D eigenvalue weighted by Crippen LogP contribution is -2.28. The fourth-order valence-corrected chi connectivity index (χ4v) is 2.32. The maximum atomic E-state index is 6.02. The van der Waals surface area contributed by atoms with Crippen molar-refractivity contribution in [3.8, 4) is 5.75 Å². The molecule has 1 aliphatic heterocycles. The van der Waals surface area contributed by atoms with E-state index in [0.717, 1.165) is 23.9 Å². The van der Waals surface area contributed by atoms with Gasteiger partial charge in [-0.1, -0.05) is 11.6 Å². The van der Waals surface area contributed by atoms with E-state index in [1.54, 1.807) is 7.11 Å². The van der Waals surface area contributed by atoms with Crippen molar-refractivity contribution in [3.05, 3.63) is 28.8 Å². The molecular formula is C12H16ClNO. The molecule has 0 unspecified atom stereocenters. The van der Waals surface area contributed by atoms with Gasteiger partial charge in [-0.2, -0.15) is 0 Å². The predicted octanol–water partition coefficient (Wildman–Crippen LogP) is 2.82. The van der Waals surface area contributed by atoms with Crippen LogP contribution in [-0.4, -0.2) is 20.2 Å². The molecule has 0 spiro atoms. The molecule has 2 rings (SSSR count). The molecule has 0 bridgehead atoms. The molecule has 0 aliphatic carbocycles. The summed E-state index contributed by atoms with van der Waals surface area (Å²) in [6, 6.07) is 5.85. The molecule has 1 aromatic carbocycles. The predicted molar refractivity (Wildman–Crippen MR) is 62.8 cm³/mol. The highest BCUT2D eigenvalue weighted by molar-refractivity contribution is 6.30. The zero-order chi connectivity index (χ0) is 10.7. The summed E-state index contributed by atoms with van der Waals surface area (Å²) in [4.78, 5) is 0. The Morgan fingerprint density at radius 3 is 3.00 bits per heavy atom. The normalized spacial score (nSPS) is 21.3. The average Bonchev–Trinajstić information content (AvgIpc) is 2.30. The molecular weight excluding hydrogens is 210 g/mol. The minimum absolute atomic E-state index is 0.535. The number of methoxy groups -OCH3 is 1. The third kappa shape index (κ3) is 2.44. The van der Waals surface area contributed by atoms with E-state index in [0.29, 0.717) is 5.92 Å². The highest BCUT2D eigenvalue weighted by atomic mass is 35.5. The Labute approximate surface area is 95.6 Å². The summed E-state index contributed by atoms with van der Waals surface area (Å²) in [7, 11) is 1.71. The van der Waals surface area contributed by atoms with Crippen molar-refractivity contribution in [2.24, 2.45) is 0 Å². The Kier molecular flexibility index (Phi) is 3.49. The molecule has 0 aromatic heterocycles. The highest BCUT2D eigenvalue weighted by Gasteiger charge is 2.18. The van der Waals surface area contributed by atoms with Gasteiger partial charge in [0.25, 0.3) is 0 Å². The summed E-state index contributed by atoms with van der Waals surface area (Å²) >= 11 is 6.02. The van der Waals surface area contributed by atoms with Crippen LogP contribution in [-0.2, 0) is 0 Å². The summed E-state index contributed by atoms with van der Waals surface area (Å²) in [6.07, 6.45) is 2.43. The third-order valence-corrected chi connectivity index (χ3v) is 3.16. The first-order chi connectivity index (χ1) is 7.31. The Morgan fingerprint density at radius 2 is 2.33 bits per heavy atom. The van der Waals surface area contributed by atoms with Crippen LogP contribution in [0.1, 0.15) is 24.3 Å². The fraction of sp³-hybridized carbons (Fsp3) is 0.500. The third-order valence-electron chi connectivity index (χ3n) is 2.93. The molecule has 0 saturated carbocycles. The van der Waals surface area contributed by atoms with Crippen molar-refractivity contribution in [2.75, 3.05) is 20.2 Å². The van der Waals surface area contributed by atoms with Gasteiger partial charge in [-0.05, 0) is 43.1 Å². The van der Waals surface area contributed by atoms with Crippen molar-refractivity contribution in [1.82, 2.24) is 5.32 Å². The zero-order valence-electron chi connectivity index (χ0n) is 8.92. The van der Waals surface area contributed by atoms with Gasteiger partial charge in [0.05, 0.1) is 7.11 Å². The summed E-state index contributed by atoms with van der Waals surface area (Å²) in [5.74, 6) is 1.49. The lowest BCUT2D eigenvalue weighted by molar-refractivity contribution is 0.392. The number of ether oxygens (including phenoxy) is 1. The van der Waals surface area contributed by atoms with Crippen molar-refractivity contribution in [2.45, 2.75) is 18.8 Å². The molecule has 1 fully saturated rings. The summed E-state index contributed by atoms with van der Waals surface area (Å²) in [5.41, 5.74) is 1.23. The van der Waals surface area contributed by atoms with Gasteiger partial charge in [0.1, 0.15) is 5.75 Å². The first kappa shape index (κ1) is 10.8. The van der Waals surface area contributed by atoms with Gasteiger partial charge >= 0.3 is 0 Å². The zero-order valence-corrected chi connectivity index (χ0v) is 9.68. The van der Waals surface area contributed by atoms with Crippen LogP contribution in [0.3, 0.4) is 0 Å². The van der Waals surface area contributed by atoms with E-state index < -0.39 is 0 Å². The quantitative estimate of drug-likeness (QED) is 0.836. The Hall–Kier alpha value is -0.730. The number of hydrogen-bond donors (Lipinski definition) is 1. The van der Waals surface area contributed by atoms with Crippen LogP contribution in [0.15, 0.2) is 18.2 Å². The fourth-order valence-electron chi connectivity index (χ4n) is 2.14. The van der Waals surface area contributed by atoms with Gasteiger partial charge in [-0.3, -0.25) is 0 Å². The monoisotopic (exact) mass is 225 g/mol. The molecule has 1 N–H and O–H groups in total. The molecule has 1 heterocycles. The SMILES string of the molecule is COc1ccc(Cl)cc1[C@@H]1CCCNC1. The Bertz CT molecular complexity index is 334. The number of rotatable bonds is 2. The Morgan fingerprint density at radius 1 is 1.47 bits per heavy atom. The number of nitrogens with one attached hydrogen (secondary N) is 1. The second-order valence-electron chi connectivity index (χ2n) is 3.93. The van der Waals surface area contributed by atoms with Gasteiger partial charge in [-0.25, -0.2) is 0 Å². The number of piperidine rings is 1. The summed E-state index contributed by atoms with van der Waals surface area (Å²) in [5, 5.41) is 4.19. The van der Waals surface area contributed by atoms with Crippen LogP contribution in [0.25, 0.3) is 0 Å². The maximum absolute atomic E-state index is 6.02. The van der Waals surface area contributed by atoms with Gasteiger partial charge in [0.15, 0.2) is 0 Å². The van der Waals surface area contributed by atoms with Crippen molar-refractivity contribution >= 4 is 11.6 Å². The molecule has 1 aliphatic rings. The summed E-state index contributed by atoms with van der Waals surface area (Å²) in [6.45, 7) is 2.15. The number of benzene rings is 1. The molecule has 82 valence electrons. The first-order valence-corrected chi connectivity index (χ1v) is 5.73. The maximum Gasteiger partial charge on any atom is 0.122 e. The molecule has 0 amide bonds. The van der Waals surface area contributed by atoms with E-state index in [1.165, 1.54) is 18.4 Å². The molecule has 2 nitrogen and oxygen atoms in total. The molecule has 3 heteroatoms. The van der Waals surface area contributed by atoms with Gasteiger partial charge < -0.3 is 10.1 Å². The van der Waals surface area contributed by atoms with E-state index in [-0.39, 0.29) is 0 Å². The summed E-state index contributed by atoms with van der Waals surface area (Å²) < 4.78 is 5.37.